The number of hydrogen-bond donors (Lipinski definition) is 0. The largest absolute Gasteiger partial charge is 0.450 e. The van der Waals surface area contributed by atoms with Crippen molar-refractivity contribution in [3.05, 3.63) is 35.9 Å². The van der Waals surface area contributed by atoms with Gasteiger partial charge in [0.05, 0.1) is 13.2 Å². The molecule has 0 aliphatic carbocycles. The Kier molecular flexibility index (Phi) is 5.55. The lowest BCUT2D eigenvalue weighted by molar-refractivity contribution is -0.344. The third-order valence-electron chi connectivity index (χ3n) is 2.94. The molecule has 0 saturated carbocycles. The molecule has 130 valence electrons. The average Bonchev–Trinajstić information content (AvgIpc) is 2.44. The molecule has 0 aliphatic heterocycles. The van der Waals surface area contributed by atoms with Crippen LogP contribution in [0, 0.1) is 0 Å². The first-order valence-electron chi connectivity index (χ1n) is 6.57. The second-order valence-electron chi connectivity index (χ2n) is 4.77. The van der Waals surface area contributed by atoms with Crippen LogP contribution in [0.4, 0.5) is 31.1 Å². The first-order chi connectivity index (χ1) is 10.4. The highest BCUT2D eigenvalue weighted by Gasteiger charge is 2.73. The number of benzene rings is 1. The minimum Gasteiger partial charge on any atom is -0.450 e. The third kappa shape index (κ3) is 3.89. The number of nitrogens with zero attached hydrogens (tertiary/aromatic N) is 1. The number of halogens is 6. The molecular formula is C14H15F6NO2. The minimum atomic E-state index is -5.78. The van der Waals surface area contributed by atoms with Crippen molar-refractivity contribution in [1.29, 1.82) is 0 Å². The maximum atomic E-state index is 14.0. The van der Waals surface area contributed by atoms with E-state index in [-0.39, 0.29) is 19.1 Å². The summed E-state index contributed by atoms with van der Waals surface area (Å²) in [6.07, 6.45) is -1.81. The monoisotopic (exact) mass is 343 g/mol. The fourth-order valence-electron chi connectivity index (χ4n) is 1.68. The van der Waals surface area contributed by atoms with Crippen molar-refractivity contribution in [1.82, 2.24) is 4.90 Å². The Labute approximate surface area is 128 Å². The van der Waals surface area contributed by atoms with Crippen molar-refractivity contribution in [2.45, 2.75) is 38.3 Å². The van der Waals surface area contributed by atoms with Crippen LogP contribution < -0.4 is 0 Å². The summed E-state index contributed by atoms with van der Waals surface area (Å²) in [6.45, 7) is -0.470. The Bertz CT molecular complexity index is 530. The topological polar surface area (TPSA) is 29.5 Å². The van der Waals surface area contributed by atoms with Gasteiger partial charge in [-0.05, 0) is 12.5 Å². The lowest BCUT2D eigenvalue weighted by atomic mass is 10.1. The Hall–Kier alpha value is -1.93. The van der Waals surface area contributed by atoms with E-state index in [2.05, 4.69) is 4.74 Å². The Morgan fingerprint density at radius 1 is 1.09 bits per heavy atom. The predicted molar refractivity (Wildman–Crippen MR) is 69.5 cm³/mol. The van der Waals surface area contributed by atoms with Gasteiger partial charge < -0.3 is 4.74 Å². The van der Waals surface area contributed by atoms with Crippen LogP contribution in [0.2, 0.25) is 0 Å². The number of amides is 1. The molecule has 9 heteroatoms. The van der Waals surface area contributed by atoms with Crippen molar-refractivity contribution >= 4 is 6.09 Å². The SMILES string of the molecule is CCOC(=O)N(Cc1ccccc1)C(F)(F)C(F)(F)C(C)(F)F. The lowest BCUT2D eigenvalue weighted by Crippen LogP contribution is -2.62. The average molecular weight is 343 g/mol. The fourth-order valence-corrected chi connectivity index (χ4v) is 1.68. The molecule has 0 saturated heterocycles. The molecule has 0 spiro atoms. The third-order valence-corrected chi connectivity index (χ3v) is 2.94. The summed E-state index contributed by atoms with van der Waals surface area (Å²) in [5.41, 5.74) is 0.0513. The number of alkyl halides is 6. The van der Waals surface area contributed by atoms with E-state index in [1.165, 1.54) is 37.3 Å². The van der Waals surface area contributed by atoms with Crippen molar-refractivity contribution in [2.24, 2.45) is 0 Å². The predicted octanol–water partition coefficient (Wildman–Crippen LogP) is 4.53. The molecule has 1 aromatic rings. The second-order valence-corrected chi connectivity index (χ2v) is 4.77. The quantitative estimate of drug-likeness (QED) is 0.561. The van der Waals surface area contributed by atoms with Gasteiger partial charge in [0, 0.05) is 6.92 Å². The van der Waals surface area contributed by atoms with Crippen LogP contribution in [-0.4, -0.2) is 35.5 Å². The Balaban J connectivity index is 3.25. The molecule has 0 atom stereocenters. The summed E-state index contributed by atoms with van der Waals surface area (Å²) < 4.78 is 85.2. The van der Waals surface area contributed by atoms with Crippen molar-refractivity contribution in [3.8, 4) is 0 Å². The summed E-state index contributed by atoms with van der Waals surface area (Å²) in [6, 6.07) is 1.49. The minimum absolute atomic E-state index is 0.0513. The zero-order valence-corrected chi connectivity index (χ0v) is 12.3. The number of ether oxygens (including phenoxy) is 1. The smallest absolute Gasteiger partial charge is 0.414 e. The zero-order chi connectivity index (χ0) is 17.9. The molecule has 0 fully saturated rings. The molecule has 3 nitrogen and oxygen atoms in total. The van der Waals surface area contributed by atoms with E-state index in [1.807, 2.05) is 0 Å². The molecule has 1 aromatic carbocycles. The fraction of sp³-hybridized carbons (Fsp3) is 0.500. The van der Waals surface area contributed by atoms with Gasteiger partial charge in [0.1, 0.15) is 0 Å². The molecule has 0 bridgehead atoms. The lowest BCUT2D eigenvalue weighted by Gasteiger charge is -2.37. The Morgan fingerprint density at radius 2 is 1.61 bits per heavy atom. The standard InChI is InChI=1S/C14H15F6NO2/c1-3-23-11(22)21(9-10-7-5-4-6-8-10)14(19,20)13(17,18)12(2,15)16/h4-8H,3,9H2,1-2H3. The van der Waals surface area contributed by atoms with E-state index in [9.17, 15) is 31.1 Å². The molecule has 0 N–H and O–H groups in total. The van der Waals surface area contributed by atoms with Crippen LogP contribution in [0.5, 0.6) is 0 Å². The molecule has 0 unspecified atom stereocenters. The summed E-state index contributed by atoms with van der Waals surface area (Å²) in [7, 11) is 0. The van der Waals surface area contributed by atoms with Crippen molar-refractivity contribution < 1.29 is 35.9 Å². The van der Waals surface area contributed by atoms with Gasteiger partial charge in [-0.15, -0.1) is 0 Å². The summed E-state index contributed by atoms with van der Waals surface area (Å²) in [4.78, 5) is 10.9. The zero-order valence-electron chi connectivity index (χ0n) is 12.3. The van der Waals surface area contributed by atoms with E-state index in [4.69, 9.17) is 0 Å². The van der Waals surface area contributed by atoms with Crippen LogP contribution in [0.25, 0.3) is 0 Å². The summed E-state index contributed by atoms with van der Waals surface area (Å²) in [5.74, 6) is -10.8. The number of rotatable bonds is 6. The molecule has 0 aliphatic rings. The summed E-state index contributed by atoms with van der Waals surface area (Å²) >= 11 is 0. The maximum Gasteiger partial charge on any atom is 0.414 e. The Morgan fingerprint density at radius 3 is 2.04 bits per heavy atom. The van der Waals surface area contributed by atoms with Gasteiger partial charge in [-0.1, -0.05) is 30.3 Å². The maximum absolute atomic E-state index is 14.0. The van der Waals surface area contributed by atoms with Crippen LogP contribution >= 0.6 is 0 Å². The van der Waals surface area contributed by atoms with Crippen molar-refractivity contribution in [3.63, 3.8) is 0 Å². The van der Waals surface area contributed by atoms with Gasteiger partial charge in [0.15, 0.2) is 0 Å². The molecule has 1 rings (SSSR count). The van der Waals surface area contributed by atoms with E-state index < -0.39 is 35.4 Å². The summed E-state index contributed by atoms with van der Waals surface area (Å²) in [5, 5.41) is 0. The number of carbonyl (C=O) groups is 1. The first-order valence-corrected chi connectivity index (χ1v) is 6.57. The molecule has 1 amide bonds. The van der Waals surface area contributed by atoms with Crippen LogP contribution in [0.15, 0.2) is 30.3 Å². The van der Waals surface area contributed by atoms with Gasteiger partial charge in [0.25, 0.3) is 0 Å². The van der Waals surface area contributed by atoms with Crippen molar-refractivity contribution in [2.75, 3.05) is 6.61 Å². The molecule has 0 heterocycles. The highest BCUT2D eigenvalue weighted by molar-refractivity contribution is 5.68. The van der Waals surface area contributed by atoms with E-state index >= 15 is 0 Å². The van der Waals surface area contributed by atoms with Crippen LogP contribution in [0.1, 0.15) is 19.4 Å². The van der Waals surface area contributed by atoms with Gasteiger partial charge in [-0.2, -0.15) is 26.3 Å². The van der Waals surface area contributed by atoms with Gasteiger partial charge >= 0.3 is 24.0 Å². The van der Waals surface area contributed by atoms with Gasteiger partial charge in [-0.25, -0.2) is 9.69 Å². The van der Waals surface area contributed by atoms with Crippen LogP contribution in [0.3, 0.4) is 0 Å². The van der Waals surface area contributed by atoms with Gasteiger partial charge in [-0.3, -0.25) is 0 Å². The van der Waals surface area contributed by atoms with Gasteiger partial charge in [0.2, 0.25) is 0 Å². The van der Waals surface area contributed by atoms with E-state index in [1.54, 1.807) is 0 Å². The molecular weight excluding hydrogens is 328 g/mol. The normalized spacial score (nSPS) is 12.9. The molecule has 0 radical (unpaired) electrons. The highest BCUT2D eigenvalue weighted by Crippen LogP contribution is 2.47. The van der Waals surface area contributed by atoms with Crippen LogP contribution in [-0.2, 0) is 11.3 Å². The molecule has 0 aromatic heterocycles. The second kappa shape index (κ2) is 6.67. The molecule has 23 heavy (non-hydrogen) atoms. The van der Waals surface area contributed by atoms with E-state index in [0.29, 0.717) is 0 Å². The number of hydrogen-bond acceptors (Lipinski definition) is 2. The highest BCUT2D eigenvalue weighted by atomic mass is 19.3. The number of carbonyl (C=O) groups excluding carboxylic acids is 1. The first kappa shape index (κ1) is 19.1. The van der Waals surface area contributed by atoms with E-state index in [0.717, 1.165) is 0 Å².